The summed E-state index contributed by atoms with van der Waals surface area (Å²) < 4.78 is 0. The van der Waals surface area contributed by atoms with Crippen LogP contribution in [0, 0.1) is 0 Å². The second-order valence-corrected chi connectivity index (χ2v) is 6.71. The number of hydrogen-bond acceptors (Lipinski definition) is 3. The van der Waals surface area contributed by atoms with Crippen LogP contribution in [0.2, 0.25) is 5.02 Å². The van der Waals surface area contributed by atoms with Crippen molar-refractivity contribution in [1.82, 2.24) is 10.2 Å². The fourth-order valence-corrected chi connectivity index (χ4v) is 4.16. The molecule has 0 bridgehead atoms. The Kier molecular flexibility index (Phi) is 6.02. The van der Waals surface area contributed by atoms with Gasteiger partial charge in [-0.15, -0.1) is 0 Å². The van der Waals surface area contributed by atoms with E-state index in [9.17, 15) is 0 Å². The molecule has 1 aliphatic rings. The van der Waals surface area contributed by atoms with Crippen molar-refractivity contribution in [1.29, 1.82) is 0 Å². The molecule has 2 unspecified atom stereocenters. The van der Waals surface area contributed by atoms with Crippen molar-refractivity contribution in [2.45, 2.75) is 24.9 Å². The molecule has 1 saturated heterocycles. The van der Waals surface area contributed by atoms with Crippen LogP contribution in [0.15, 0.2) is 24.3 Å². The van der Waals surface area contributed by atoms with Gasteiger partial charge in [0, 0.05) is 22.9 Å². The Bertz CT molecular complexity index is 393. The molecule has 106 valence electrons. The lowest BCUT2D eigenvalue weighted by molar-refractivity contribution is 0.248. The summed E-state index contributed by atoms with van der Waals surface area (Å²) in [6.45, 7) is 1.11. The fourth-order valence-electron chi connectivity index (χ4n) is 2.60. The highest BCUT2D eigenvalue weighted by molar-refractivity contribution is 7.99. The van der Waals surface area contributed by atoms with Gasteiger partial charge in [-0.05, 0) is 50.9 Å². The Morgan fingerprint density at radius 3 is 2.89 bits per heavy atom. The number of halogens is 1. The standard InChI is InChI=1S/C15H23ClN2S/c1-17-15(13-5-3-4-6-14(13)16)7-9-18(2)12-8-10-19-11-12/h3-6,12,15,17H,7-11H2,1-2H3. The zero-order chi connectivity index (χ0) is 13.7. The van der Waals surface area contributed by atoms with Crippen molar-refractivity contribution in [3.05, 3.63) is 34.9 Å². The molecule has 2 atom stereocenters. The highest BCUT2D eigenvalue weighted by Gasteiger charge is 2.21. The summed E-state index contributed by atoms with van der Waals surface area (Å²) >= 11 is 8.35. The summed E-state index contributed by atoms with van der Waals surface area (Å²) in [6.07, 6.45) is 2.43. The predicted molar refractivity (Wildman–Crippen MR) is 86.2 cm³/mol. The third kappa shape index (κ3) is 4.12. The maximum absolute atomic E-state index is 6.28. The monoisotopic (exact) mass is 298 g/mol. The Labute approximate surface area is 125 Å². The van der Waals surface area contributed by atoms with Gasteiger partial charge >= 0.3 is 0 Å². The molecule has 1 fully saturated rings. The number of thioether (sulfide) groups is 1. The second-order valence-electron chi connectivity index (χ2n) is 5.15. The lowest BCUT2D eigenvalue weighted by Crippen LogP contribution is -2.34. The van der Waals surface area contributed by atoms with Crippen LogP contribution in [-0.2, 0) is 0 Å². The Hall–Kier alpha value is -0.220. The van der Waals surface area contributed by atoms with Crippen molar-refractivity contribution in [2.75, 3.05) is 32.1 Å². The third-order valence-electron chi connectivity index (χ3n) is 3.93. The van der Waals surface area contributed by atoms with E-state index in [1.807, 2.05) is 19.2 Å². The molecule has 0 aliphatic carbocycles. The van der Waals surface area contributed by atoms with Gasteiger partial charge in [0.1, 0.15) is 0 Å². The zero-order valence-electron chi connectivity index (χ0n) is 11.7. The average molecular weight is 299 g/mol. The van der Waals surface area contributed by atoms with Crippen molar-refractivity contribution in [2.24, 2.45) is 0 Å². The largest absolute Gasteiger partial charge is 0.313 e. The quantitative estimate of drug-likeness (QED) is 0.866. The molecule has 1 aliphatic heterocycles. The first-order valence-electron chi connectivity index (χ1n) is 6.92. The Balaban J connectivity index is 1.90. The molecule has 0 amide bonds. The first-order valence-corrected chi connectivity index (χ1v) is 8.45. The normalized spacial score (nSPS) is 20.9. The Morgan fingerprint density at radius 2 is 2.26 bits per heavy atom. The first-order chi connectivity index (χ1) is 9.22. The van der Waals surface area contributed by atoms with E-state index in [1.165, 1.54) is 23.5 Å². The van der Waals surface area contributed by atoms with Gasteiger partial charge < -0.3 is 10.2 Å². The second kappa shape index (κ2) is 7.53. The van der Waals surface area contributed by atoms with Crippen molar-refractivity contribution < 1.29 is 0 Å². The van der Waals surface area contributed by atoms with E-state index in [-0.39, 0.29) is 0 Å². The van der Waals surface area contributed by atoms with E-state index in [0.29, 0.717) is 6.04 Å². The molecule has 2 nitrogen and oxygen atoms in total. The Morgan fingerprint density at radius 1 is 1.47 bits per heavy atom. The molecule has 1 N–H and O–H groups in total. The topological polar surface area (TPSA) is 15.3 Å². The fraction of sp³-hybridized carbons (Fsp3) is 0.600. The van der Waals surface area contributed by atoms with Gasteiger partial charge in [-0.3, -0.25) is 0 Å². The minimum Gasteiger partial charge on any atom is -0.313 e. The SMILES string of the molecule is CNC(CCN(C)C1CCSC1)c1ccccc1Cl. The molecular formula is C15H23ClN2S. The van der Waals surface area contributed by atoms with E-state index in [4.69, 9.17) is 11.6 Å². The molecule has 0 radical (unpaired) electrons. The van der Waals surface area contributed by atoms with E-state index in [0.717, 1.165) is 24.0 Å². The van der Waals surface area contributed by atoms with Crippen LogP contribution in [0.3, 0.4) is 0 Å². The highest BCUT2D eigenvalue weighted by Crippen LogP contribution is 2.26. The molecule has 1 aromatic rings. The third-order valence-corrected chi connectivity index (χ3v) is 5.42. The van der Waals surface area contributed by atoms with Crippen LogP contribution in [-0.4, -0.2) is 43.1 Å². The van der Waals surface area contributed by atoms with Gasteiger partial charge in [-0.25, -0.2) is 0 Å². The van der Waals surface area contributed by atoms with Crippen LogP contribution in [0.25, 0.3) is 0 Å². The van der Waals surface area contributed by atoms with E-state index >= 15 is 0 Å². The number of hydrogen-bond donors (Lipinski definition) is 1. The summed E-state index contributed by atoms with van der Waals surface area (Å²) in [6, 6.07) is 9.23. The number of rotatable bonds is 6. The van der Waals surface area contributed by atoms with Crippen LogP contribution in [0.5, 0.6) is 0 Å². The van der Waals surface area contributed by atoms with Crippen molar-refractivity contribution >= 4 is 23.4 Å². The lowest BCUT2D eigenvalue weighted by atomic mass is 10.0. The molecule has 0 aromatic heterocycles. The van der Waals surface area contributed by atoms with E-state index < -0.39 is 0 Å². The summed E-state index contributed by atoms with van der Waals surface area (Å²) in [5.74, 6) is 2.60. The zero-order valence-corrected chi connectivity index (χ0v) is 13.3. The predicted octanol–water partition coefficient (Wildman–Crippen LogP) is 3.43. The summed E-state index contributed by atoms with van der Waals surface area (Å²) in [4.78, 5) is 2.50. The minimum atomic E-state index is 0.338. The van der Waals surface area contributed by atoms with Crippen LogP contribution < -0.4 is 5.32 Å². The summed E-state index contributed by atoms with van der Waals surface area (Å²) in [5.41, 5.74) is 1.21. The van der Waals surface area contributed by atoms with Gasteiger partial charge in [0.05, 0.1) is 0 Å². The molecule has 2 rings (SSSR count). The van der Waals surface area contributed by atoms with Gasteiger partial charge in [-0.2, -0.15) is 11.8 Å². The maximum Gasteiger partial charge on any atom is 0.0453 e. The number of benzene rings is 1. The molecular weight excluding hydrogens is 276 g/mol. The van der Waals surface area contributed by atoms with Crippen LogP contribution in [0.1, 0.15) is 24.4 Å². The van der Waals surface area contributed by atoms with Gasteiger partial charge in [0.15, 0.2) is 0 Å². The molecule has 1 aromatic carbocycles. The molecule has 19 heavy (non-hydrogen) atoms. The lowest BCUT2D eigenvalue weighted by Gasteiger charge is -2.26. The van der Waals surface area contributed by atoms with Crippen LogP contribution >= 0.6 is 23.4 Å². The van der Waals surface area contributed by atoms with Crippen LogP contribution in [0.4, 0.5) is 0 Å². The smallest absolute Gasteiger partial charge is 0.0453 e. The maximum atomic E-state index is 6.28. The van der Waals surface area contributed by atoms with Crippen molar-refractivity contribution in [3.8, 4) is 0 Å². The molecule has 1 heterocycles. The highest BCUT2D eigenvalue weighted by atomic mass is 35.5. The number of nitrogens with one attached hydrogen (secondary N) is 1. The summed E-state index contributed by atoms with van der Waals surface area (Å²) in [5, 5.41) is 4.25. The van der Waals surface area contributed by atoms with E-state index in [2.05, 4.69) is 41.2 Å². The molecule has 0 saturated carbocycles. The van der Waals surface area contributed by atoms with Gasteiger partial charge in [-0.1, -0.05) is 29.8 Å². The minimum absolute atomic E-state index is 0.338. The number of nitrogens with zero attached hydrogens (tertiary/aromatic N) is 1. The molecule has 4 heteroatoms. The summed E-state index contributed by atoms with van der Waals surface area (Å²) in [7, 11) is 4.26. The van der Waals surface area contributed by atoms with Gasteiger partial charge in [0.2, 0.25) is 0 Å². The van der Waals surface area contributed by atoms with Gasteiger partial charge in [0.25, 0.3) is 0 Å². The average Bonchev–Trinajstić information content (AvgIpc) is 2.95. The first kappa shape index (κ1) is 15.2. The molecule has 0 spiro atoms. The van der Waals surface area contributed by atoms with Crippen molar-refractivity contribution in [3.63, 3.8) is 0 Å². The van der Waals surface area contributed by atoms with E-state index in [1.54, 1.807) is 0 Å².